The summed E-state index contributed by atoms with van der Waals surface area (Å²) in [6.07, 6.45) is -5.81. The van der Waals surface area contributed by atoms with Crippen LogP contribution < -0.4 is 5.73 Å². The van der Waals surface area contributed by atoms with E-state index in [1.807, 2.05) is 0 Å². The number of aryl methyl sites for hydroxylation is 1. The van der Waals surface area contributed by atoms with E-state index in [2.05, 4.69) is 29.9 Å². The van der Waals surface area contributed by atoms with E-state index in [0.29, 0.717) is 16.9 Å². The van der Waals surface area contributed by atoms with Crippen molar-refractivity contribution in [3.63, 3.8) is 0 Å². The molecule has 3 saturated heterocycles. The van der Waals surface area contributed by atoms with E-state index in [9.17, 15) is 14.6 Å². The molecule has 4 aromatic rings. The van der Waals surface area contributed by atoms with E-state index in [0.717, 1.165) is 6.66 Å². The number of aromatic nitrogens is 8. The molecule has 18 nitrogen and oxygen atoms in total. The highest BCUT2D eigenvalue weighted by Gasteiger charge is 2.53. The van der Waals surface area contributed by atoms with Gasteiger partial charge >= 0.3 is 14.3 Å². The second-order valence-corrected chi connectivity index (χ2v) is 15.2. The summed E-state index contributed by atoms with van der Waals surface area (Å²) >= 11 is 5.24. The highest BCUT2D eigenvalue weighted by Crippen LogP contribution is 2.54. The first-order valence-corrected chi connectivity index (χ1v) is 17.8. The van der Waals surface area contributed by atoms with Gasteiger partial charge < -0.3 is 34.3 Å². The Morgan fingerprint density at radius 1 is 0.932 bits per heavy atom. The SMILES string of the molecule is Cc1ncnc2c1ncn2[C@@H]1O[C@@H]2COP(O)(=S)O[C@H]3[C@@H](O)[C@H](n4cnc5c(N)ncnc54)O[C@@H]3CO[P@](C)(=O)O[C@H]2[C@H]1F. The van der Waals surface area contributed by atoms with E-state index < -0.39 is 76.7 Å². The number of imidazole rings is 2. The topological polar surface area (TPSA) is 226 Å². The number of halogens is 1. The number of anilines is 1. The number of hydrogen-bond donors (Lipinski definition) is 3. The normalized spacial score (nSPS) is 38.3. The van der Waals surface area contributed by atoms with Crippen molar-refractivity contribution in [3.05, 3.63) is 31.0 Å². The fraction of sp³-hybridized carbons (Fsp3) is 0.545. The van der Waals surface area contributed by atoms with E-state index in [-0.39, 0.29) is 17.0 Å². The summed E-state index contributed by atoms with van der Waals surface area (Å²) in [6, 6.07) is 0. The summed E-state index contributed by atoms with van der Waals surface area (Å²) in [6.45, 7) is -2.22. The molecule has 0 bridgehead atoms. The molecule has 22 heteroatoms. The molecule has 10 atom stereocenters. The third-order valence-corrected chi connectivity index (χ3v) is 10.3. The lowest BCUT2D eigenvalue weighted by atomic mass is 10.1. The Labute approximate surface area is 252 Å². The van der Waals surface area contributed by atoms with Crippen molar-refractivity contribution in [2.75, 3.05) is 25.6 Å². The molecule has 236 valence electrons. The van der Waals surface area contributed by atoms with Crippen LogP contribution in [0.4, 0.5) is 10.2 Å². The molecule has 4 N–H and O–H groups in total. The number of nitrogens with two attached hydrogens (primary N) is 1. The molecule has 0 amide bonds. The van der Waals surface area contributed by atoms with Gasteiger partial charge in [-0.1, -0.05) is 0 Å². The Morgan fingerprint density at radius 3 is 2.32 bits per heavy atom. The molecule has 7 rings (SSSR count). The molecule has 3 aliphatic heterocycles. The van der Waals surface area contributed by atoms with Gasteiger partial charge in [-0.15, -0.1) is 0 Å². The third kappa shape index (κ3) is 5.23. The Hall–Kier alpha value is -2.61. The van der Waals surface area contributed by atoms with Gasteiger partial charge in [0.1, 0.15) is 54.2 Å². The average Bonchev–Trinajstić information content (AvgIpc) is 3.73. The van der Waals surface area contributed by atoms with Gasteiger partial charge in [-0.25, -0.2) is 34.3 Å². The summed E-state index contributed by atoms with van der Waals surface area (Å²) in [7, 11) is -4.01. The predicted molar refractivity (Wildman–Crippen MR) is 150 cm³/mol. The number of aliphatic hydroxyl groups excluding tert-OH is 1. The molecule has 0 spiro atoms. The second kappa shape index (κ2) is 11.0. The highest BCUT2D eigenvalue weighted by atomic mass is 32.5. The van der Waals surface area contributed by atoms with Crippen LogP contribution in [-0.4, -0.2) is 106 Å². The quantitative estimate of drug-likeness (QED) is 0.251. The molecule has 3 fully saturated rings. The van der Waals surface area contributed by atoms with Crippen LogP contribution in [0.1, 0.15) is 18.1 Å². The van der Waals surface area contributed by atoms with Crippen molar-refractivity contribution in [1.82, 2.24) is 39.0 Å². The summed E-state index contributed by atoms with van der Waals surface area (Å²) in [5, 5.41) is 11.3. The van der Waals surface area contributed by atoms with Crippen LogP contribution in [0.15, 0.2) is 25.3 Å². The first kappa shape index (κ1) is 30.1. The third-order valence-electron chi connectivity index (χ3n) is 7.50. The lowest BCUT2D eigenvalue weighted by Crippen LogP contribution is -2.38. The van der Waals surface area contributed by atoms with Gasteiger partial charge in [0, 0.05) is 6.66 Å². The van der Waals surface area contributed by atoms with E-state index in [1.54, 1.807) is 6.92 Å². The Kier molecular flexibility index (Phi) is 7.53. The minimum Gasteiger partial charge on any atom is -0.386 e. The zero-order chi connectivity index (χ0) is 31.0. The van der Waals surface area contributed by atoms with Crippen LogP contribution in [0.25, 0.3) is 22.3 Å². The zero-order valence-electron chi connectivity index (χ0n) is 22.9. The first-order valence-electron chi connectivity index (χ1n) is 13.2. The number of aliphatic hydroxyl groups is 1. The maximum Gasteiger partial charge on any atom is 0.328 e. The van der Waals surface area contributed by atoms with Crippen molar-refractivity contribution < 1.29 is 46.5 Å². The fourth-order valence-corrected chi connectivity index (χ4v) is 8.03. The molecule has 0 aliphatic carbocycles. The summed E-state index contributed by atoms with van der Waals surface area (Å²) in [5.74, 6) is 0.112. The van der Waals surface area contributed by atoms with Crippen LogP contribution in [0.2, 0.25) is 0 Å². The Balaban J connectivity index is 1.17. The number of ether oxygens (including phenoxy) is 2. The molecule has 44 heavy (non-hydrogen) atoms. The monoisotopic (exact) mass is 673 g/mol. The average molecular weight is 674 g/mol. The van der Waals surface area contributed by atoms with Gasteiger partial charge in [-0.05, 0) is 18.7 Å². The van der Waals surface area contributed by atoms with Gasteiger partial charge in [-0.2, -0.15) is 0 Å². The standard InChI is InChI=1S/C22H26FN9O9P2S/c1-9-13-19(27-5-25-9)31(7-29-13)21-12(23)16-10(38-21)4-37-43(35,44)41-17-11(3-36-42(2,34)40-16)39-22(15(17)33)32-8-30-14-18(24)26-6-28-20(14)32/h5-8,10-12,15-17,21-22,33H,3-4H2,1-2H3,(H,35,44)(H2,24,26,28)/t10-,11-,12-,15-,16-,17-,21-,22-,42+,43?/m1/s1. The summed E-state index contributed by atoms with van der Waals surface area (Å²) in [5.41, 5.74) is 7.73. The summed E-state index contributed by atoms with van der Waals surface area (Å²) < 4.78 is 66.9. The van der Waals surface area contributed by atoms with Gasteiger partial charge in [-0.3, -0.25) is 22.7 Å². The molecule has 4 aromatic heterocycles. The first-order chi connectivity index (χ1) is 20.9. The van der Waals surface area contributed by atoms with Crippen molar-refractivity contribution in [2.45, 2.75) is 56.1 Å². The van der Waals surface area contributed by atoms with Gasteiger partial charge in [0.15, 0.2) is 35.7 Å². The molecular formula is C22H26FN9O9P2S. The Morgan fingerprint density at radius 2 is 1.55 bits per heavy atom. The smallest absolute Gasteiger partial charge is 0.328 e. The van der Waals surface area contributed by atoms with Crippen molar-refractivity contribution in [3.8, 4) is 0 Å². The molecule has 1 unspecified atom stereocenters. The highest BCUT2D eigenvalue weighted by molar-refractivity contribution is 8.07. The van der Waals surface area contributed by atoms with Gasteiger partial charge in [0.2, 0.25) is 0 Å². The molecule has 0 aromatic carbocycles. The predicted octanol–water partition coefficient (Wildman–Crippen LogP) is 0.908. The van der Waals surface area contributed by atoms with E-state index in [1.165, 1.54) is 34.4 Å². The summed E-state index contributed by atoms with van der Waals surface area (Å²) in [4.78, 5) is 35.8. The number of nitrogen functional groups attached to an aromatic ring is 1. The van der Waals surface area contributed by atoms with Crippen LogP contribution >= 0.6 is 14.3 Å². The minimum absolute atomic E-state index is 0.112. The molecule has 3 aliphatic rings. The minimum atomic E-state index is -4.13. The van der Waals surface area contributed by atoms with Crippen LogP contribution in [0.5, 0.6) is 0 Å². The lowest BCUT2D eigenvalue weighted by Gasteiger charge is -2.29. The maximum absolute atomic E-state index is 16.0. The number of alkyl halides is 1. The maximum atomic E-state index is 16.0. The van der Waals surface area contributed by atoms with Gasteiger partial charge in [0.25, 0.3) is 0 Å². The zero-order valence-corrected chi connectivity index (χ0v) is 25.5. The van der Waals surface area contributed by atoms with Crippen molar-refractivity contribution >= 4 is 54.3 Å². The van der Waals surface area contributed by atoms with Crippen LogP contribution in [0.3, 0.4) is 0 Å². The molecule has 0 saturated carbocycles. The van der Waals surface area contributed by atoms with Crippen LogP contribution in [0, 0.1) is 6.92 Å². The van der Waals surface area contributed by atoms with Crippen molar-refractivity contribution in [2.24, 2.45) is 0 Å². The Bertz CT molecular complexity index is 1700. The largest absolute Gasteiger partial charge is 0.386 e. The second-order valence-electron chi connectivity index (χ2n) is 10.4. The van der Waals surface area contributed by atoms with Crippen molar-refractivity contribution in [1.29, 1.82) is 0 Å². The molecule has 7 heterocycles. The molecule has 0 radical (unpaired) electrons. The fourth-order valence-electron chi connectivity index (χ4n) is 5.42. The van der Waals surface area contributed by atoms with E-state index >= 15 is 4.39 Å². The van der Waals surface area contributed by atoms with Gasteiger partial charge in [0.05, 0.1) is 31.6 Å². The van der Waals surface area contributed by atoms with E-state index in [4.69, 9.17) is 45.1 Å². The lowest BCUT2D eigenvalue weighted by molar-refractivity contribution is -0.0580. The number of rotatable bonds is 2. The molecular weight excluding hydrogens is 647 g/mol. The number of nitrogens with zero attached hydrogens (tertiary/aromatic N) is 8. The number of hydrogen-bond acceptors (Lipinski definition) is 16. The van der Waals surface area contributed by atoms with Crippen LogP contribution in [-0.2, 0) is 43.9 Å². The number of fused-ring (bicyclic) bond motifs is 4.